The van der Waals surface area contributed by atoms with E-state index in [0.29, 0.717) is 38.3 Å². The maximum absolute atomic E-state index is 13.4. The number of pyridine rings is 1. The minimum atomic E-state index is -0.502. The molecule has 2 fully saturated rings. The van der Waals surface area contributed by atoms with Crippen LogP contribution in [0.1, 0.15) is 28.9 Å². The fraction of sp³-hybridized carbons (Fsp3) is 0.350. The Labute approximate surface area is 151 Å². The second-order valence-electron chi connectivity index (χ2n) is 7.08. The van der Waals surface area contributed by atoms with Crippen LogP contribution in [0.5, 0.6) is 0 Å². The Kier molecular flexibility index (Phi) is 4.18. The van der Waals surface area contributed by atoms with E-state index in [9.17, 15) is 14.0 Å². The van der Waals surface area contributed by atoms with Crippen molar-refractivity contribution in [2.45, 2.75) is 19.4 Å². The number of likely N-dealkylation sites (tertiary alicyclic amines) is 2. The van der Waals surface area contributed by atoms with Crippen molar-refractivity contribution in [3.8, 4) is 0 Å². The molecule has 26 heavy (non-hydrogen) atoms. The Balaban J connectivity index is 1.45. The molecule has 3 heterocycles. The highest BCUT2D eigenvalue weighted by atomic mass is 19.1. The Morgan fingerprint density at radius 2 is 2.00 bits per heavy atom. The van der Waals surface area contributed by atoms with Gasteiger partial charge in [-0.1, -0.05) is 18.2 Å². The standard InChI is InChI=1S/C20H20FN3O2/c21-16-5-3-4-15(12-16)13-23-10-7-20(19(23)26)8-11-24(14-20)18(25)17-6-1-2-9-22-17/h1-6,9,12H,7-8,10-11,13-14H2/t20-/m1/s1. The third-order valence-corrected chi connectivity index (χ3v) is 5.39. The van der Waals surface area contributed by atoms with Crippen molar-refractivity contribution in [2.24, 2.45) is 5.41 Å². The average Bonchev–Trinajstić information content (AvgIpc) is 3.22. The molecule has 134 valence electrons. The van der Waals surface area contributed by atoms with Gasteiger partial charge in [-0.3, -0.25) is 14.6 Å². The summed E-state index contributed by atoms with van der Waals surface area (Å²) < 4.78 is 13.4. The van der Waals surface area contributed by atoms with Gasteiger partial charge in [0.25, 0.3) is 5.91 Å². The molecule has 5 nitrogen and oxygen atoms in total. The van der Waals surface area contributed by atoms with Gasteiger partial charge in [-0.15, -0.1) is 0 Å². The lowest BCUT2D eigenvalue weighted by molar-refractivity contribution is -0.135. The van der Waals surface area contributed by atoms with E-state index >= 15 is 0 Å². The Hall–Kier alpha value is -2.76. The molecular weight excluding hydrogens is 333 g/mol. The first-order chi connectivity index (χ1) is 12.6. The van der Waals surface area contributed by atoms with E-state index in [1.807, 2.05) is 6.07 Å². The van der Waals surface area contributed by atoms with Crippen LogP contribution in [0.15, 0.2) is 48.7 Å². The molecule has 0 N–H and O–H groups in total. The van der Waals surface area contributed by atoms with Crippen molar-refractivity contribution in [3.63, 3.8) is 0 Å². The SMILES string of the molecule is O=C(c1ccccn1)N1CC[C@]2(CCN(Cc3cccc(F)c3)C2=O)C1. The number of aromatic nitrogens is 1. The van der Waals surface area contributed by atoms with E-state index < -0.39 is 5.41 Å². The van der Waals surface area contributed by atoms with E-state index in [1.54, 1.807) is 40.3 Å². The van der Waals surface area contributed by atoms with Crippen LogP contribution in [0.4, 0.5) is 4.39 Å². The minimum absolute atomic E-state index is 0.0677. The van der Waals surface area contributed by atoms with Crippen molar-refractivity contribution < 1.29 is 14.0 Å². The van der Waals surface area contributed by atoms with Crippen LogP contribution in [0.25, 0.3) is 0 Å². The molecule has 4 rings (SSSR count). The topological polar surface area (TPSA) is 53.5 Å². The zero-order chi connectivity index (χ0) is 18.1. The van der Waals surface area contributed by atoms with Gasteiger partial charge < -0.3 is 9.80 Å². The summed E-state index contributed by atoms with van der Waals surface area (Å²) in [5.41, 5.74) is 0.694. The largest absolute Gasteiger partial charge is 0.338 e. The van der Waals surface area contributed by atoms with Crippen LogP contribution >= 0.6 is 0 Å². The summed E-state index contributed by atoms with van der Waals surface area (Å²) in [6.45, 7) is 2.04. The molecule has 1 aromatic carbocycles. The third kappa shape index (κ3) is 2.96. The molecule has 0 radical (unpaired) electrons. The number of hydrogen-bond acceptors (Lipinski definition) is 3. The number of nitrogens with zero attached hydrogens (tertiary/aromatic N) is 3. The van der Waals surface area contributed by atoms with Gasteiger partial charge in [0.05, 0.1) is 5.41 Å². The maximum atomic E-state index is 13.4. The number of benzene rings is 1. The van der Waals surface area contributed by atoms with Crippen LogP contribution in [-0.2, 0) is 11.3 Å². The summed E-state index contributed by atoms with van der Waals surface area (Å²) in [5.74, 6) is -0.353. The van der Waals surface area contributed by atoms with Gasteiger partial charge in [0.1, 0.15) is 11.5 Å². The van der Waals surface area contributed by atoms with Gasteiger partial charge in [-0.05, 0) is 42.7 Å². The predicted octanol–water partition coefficient (Wildman–Crippen LogP) is 2.49. The average molecular weight is 353 g/mol. The Morgan fingerprint density at radius 3 is 2.77 bits per heavy atom. The summed E-state index contributed by atoms with van der Waals surface area (Å²) in [5, 5.41) is 0. The predicted molar refractivity (Wildman–Crippen MR) is 93.6 cm³/mol. The monoisotopic (exact) mass is 353 g/mol. The summed E-state index contributed by atoms with van der Waals surface area (Å²) in [6.07, 6.45) is 3.00. The number of halogens is 1. The number of carbonyl (C=O) groups excluding carboxylic acids is 2. The van der Waals surface area contributed by atoms with E-state index in [-0.39, 0.29) is 17.6 Å². The van der Waals surface area contributed by atoms with Crippen LogP contribution in [0, 0.1) is 11.2 Å². The molecular formula is C20H20FN3O2. The second kappa shape index (κ2) is 6.52. The second-order valence-corrected chi connectivity index (χ2v) is 7.08. The smallest absolute Gasteiger partial charge is 0.272 e. The summed E-state index contributed by atoms with van der Waals surface area (Å²) in [6, 6.07) is 11.6. The highest BCUT2D eigenvalue weighted by molar-refractivity contribution is 5.94. The van der Waals surface area contributed by atoms with Crippen LogP contribution in [0.3, 0.4) is 0 Å². The zero-order valence-electron chi connectivity index (χ0n) is 14.4. The molecule has 2 aromatic rings. The van der Waals surface area contributed by atoms with Crippen molar-refractivity contribution in [1.82, 2.24) is 14.8 Å². The highest BCUT2D eigenvalue weighted by Gasteiger charge is 2.51. The summed E-state index contributed by atoms with van der Waals surface area (Å²) >= 11 is 0. The molecule has 0 saturated carbocycles. The first-order valence-electron chi connectivity index (χ1n) is 8.82. The first kappa shape index (κ1) is 16.7. The molecule has 0 unspecified atom stereocenters. The van der Waals surface area contributed by atoms with Crippen molar-refractivity contribution in [1.29, 1.82) is 0 Å². The van der Waals surface area contributed by atoms with Gasteiger partial charge in [0, 0.05) is 32.4 Å². The van der Waals surface area contributed by atoms with Crippen molar-refractivity contribution in [3.05, 3.63) is 65.7 Å². The van der Waals surface area contributed by atoms with Crippen molar-refractivity contribution in [2.75, 3.05) is 19.6 Å². The molecule has 2 amide bonds. The minimum Gasteiger partial charge on any atom is -0.338 e. The molecule has 1 spiro atoms. The number of carbonyl (C=O) groups is 2. The molecule has 1 atom stereocenters. The Bertz CT molecular complexity index is 842. The molecule has 1 aromatic heterocycles. The van der Waals surface area contributed by atoms with Gasteiger partial charge >= 0.3 is 0 Å². The molecule has 0 aliphatic carbocycles. The summed E-state index contributed by atoms with van der Waals surface area (Å²) in [4.78, 5) is 33.2. The van der Waals surface area contributed by atoms with Gasteiger partial charge in [-0.2, -0.15) is 0 Å². The molecule has 0 bridgehead atoms. The van der Waals surface area contributed by atoms with Gasteiger partial charge in [0.15, 0.2) is 0 Å². The van der Waals surface area contributed by atoms with Crippen LogP contribution in [0.2, 0.25) is 0 Å². The van der Waals surface area contributed by atoms with Crippen LogP contribution < -0.4 is 0 Å². The van der Waals surface area contributed by atoms with Crippen molar-refractivity contribution >= 4 is 11.8 Å². The van der Waals surface area contributed by atoms with Gasteiger partial charge in [0.2, 0.25) is 5.91 Å². The van der Waals surface area contributed by atoms with E-state index in [0.717, 1.165) is 12.0 Å². The van der Waals surface area contributed by atoms with E-state index in [4.69, 9.17) is 0 Å². The van der Waals surface area contributed by atoms with E-state index in [1.165, 1.54) is 12.1 Å². The lowest BCUT2D eigenvalue weighted by atomic mass is 9.85. The molecule has 2 saturated heterocycles. The Morgan fingerprint density at radius 1 is 1.15 bits per heavy atom. The third-order valence-electron chi connectivity index (χ3n) is 5.39. The van der Waals surface area contributed by atoms with Crippen LogP contribution in [-0.4, -0.2) is 46.2 Å². The normalized spacial score (nSPS) is 22.4. The fourth-order valence-electron chi connectivity index (χ4n) is 3.98. The quantitative estimate of drug-likeness (QED) is 0.852. The maximum Gasteiger partial charge on any atom is 0.272 e. The zero-order valence-corrected chi connectivity index (χ0v) is 14.4. The number of rotatable bonds is 3. The number of hydrogen-bond donors (Lipinski definition) is 0. The van der Waals surface area contributed by atoms with E-state index in [2.05, 4.69) is 4.98 Å². The first-order valence-corrected chi connectivity index (χ1v) is 8.82. The molecule has 2 aliphatic rings. The van der Waals surface area contributed by atoms with Gasteiger partial charge in [-0.25, -0.2) is 4.39 Å². The fourth-order valence-corrected chi connectivity index (χ4v) is 3.98. The lowest BCUT2D eigenvalue weighted by Gasteiger charge is -2.23. The molecule has 6 heteroatoms. The molecule has 2 aliphatic heterocycles. The number of amides is 2. The highest BCUT2D eigenvalue weighted by Crippen LogP contribution is 2.41. The summed E-state index contributed by atoms with van der Waals surface area (Å²) in [7, 11) is 0. The lowest BCUT2D eigenvalue weighted by Crippen LogP contribution is -2.38.